The molecule has 1 aliphatic rings. The SMILES string of the molecule is Cc1ccc(S(=O)(=O)N2CCN(C(=O)COc3ccc(Cl)cc3)CC2)cc1C. The van der Waals surface area contributed by atoms with Gasteiger partial charge in [-0.3, -0.25) is 4.79 Å². The third-order valence-electron chi connectivity index (χ3n) is 4.88. The minimum absolute atomic E-state index is 0.0917. The number of carbonyl (C=O) groups is 1. The molecule has 0 radical (unpaired) electrons. The average molecular weight is 423 g/mol. The van der Waals surface area contributed by atoms with Gasteiger partial charge in [-0.05, 0) is 61.4 Å². The summed E-state index contributed by atoms with van der Waals surface area (Å²) in [5.41, 5.74) is 1.99. The quantitative estimate of drug-likeness (QED) is 0.743. The molecule has 0 spiro atoms. The highest BCUT2D eigenvalue weighted by Gasteiger charge is 2.30. The van der Waals surface area contributed by atoms with Crippen LogP contribution in [0.3, 0.4) is 0 Å². The van der Waals surface area contributed by atoms with Crippen LogP contribution >= 0.6 is 11.6 Å². The lowest BCUT2D eigenvalue weighted by molar-refractivity contribution is -0.134. The minimum Gasteiger partial charge on any atom is -0.484 e. The van der Waals surface area contributed by atoms with Crippen molar-refractivity contribution >= 4 is 27.5 Å². The molecule has 0 aromatic heterocycles. The van der Waals surface area contributed by atoms with E-state index in [1.54, 1.807) is 41.3 Å². The summed E-state index contributed by atoms with van der Waals surface area (Å²) < 4.78 is 32.6. The zero-order valence-corrected chi connectivity index (χ0v) is 17.5. The Labute approximate surface area is 170 Å². The van der Waals surface area contributed by atoms with Crippen molar-refractivity contribution in [2.24, 2.45) is 0 Å². The van der Waals surface area contributed by atoms with Crippen LogP contribution in [-0.2, 0) is 14.8 Å². The molecular formula is C20H23ClN2O4S. The first-order valence-corrected chi connectivity index (χ1v) is 10.8. The van der Waals surface area contributed by atoms with E-state index in [0.29, 0.717) is 28.8 Å². The molecule has 1 saturated heterocycles. The molecule has 1 fully saturated rings. The van der Waals surface area contributed by atoms with Crippen LogP contribution in [0.25, 0.3) is 0 Å². The maximum atomic E-state index is 12.9. The summed E-state index contributed by atoms with van der Waals surface area (Å²) in [5.74, 6) is 0.395. The third-order valence-corrected chi connectivity index (χ3v) is 7.03. The number of ether oxygens (including phenoxy) is 1. The van der Waals surface area contributed by atoms with Crippen LogP contribution in [0, 0.1) is 13.8 Å². The first kappa shape index (κ1) is 20.6. The van der Waals surface area contributed by atoms with Crippen molar-refractivity contribution in [2.75, 3.05) is 32.8 Å². The van der Waals surface area contributed by atoms with E-state index in [-0.39, 0.29) is 25.6 Å². The van der Waals surface area contributed by atoms with Gasteiger partial charge >= 0.3 is 0 Å². The second kappa shape index (κ2) is 8.51. The Balaban J connectivity index is 1.56. The monoisotopic (exact) mass is 422 g/mol. The number of benzene rings is 2. The fourth-order valence-corrected chi connectivity index (χ4v) is 4.60. The highest BCUT2D eigenvalue weighted by Crippen LogP contribution is 2.21. The predicted octanol–water partition coefficient (Wildman–Crippen LogP) is 2.87. The van der Waals surface area contributed by atoms with E-state index in [1.165, 1.54) is 4.31 Å². The summed E-state index contributed by atoms with van der Waals surface area (Å²) in [7, 11) is -3.56. The van der Waals surface area contributed by atoms with Gasteiger partial charge in [0.15, 0.2) is 6.61 Å². The Morgan fingerprint density at radius 3 is 2.25 bits per heavy atom. The molecule has 2 aromatic rings. The highest BCUT2D eigenvalue weighted by atomic mass is 35.5. The number of piperazine rings is 1. The Morgan fingerprint density at radius 2 is 1.64 bits per heavy atom. The minimum atomic E-state index is -3.56. The van der Waals surface area contributed by atoms with Crippen molar-refractivity contribution in [3.8, 4) is 5.75 Å². The lowest BCUT2D eigenvalue weighted by Crippen LogP contribution is -2.51. The van der Waals surface area contributed by atoms with E-state index in [9.17, 15) is 13.2 Å². The van der Waals surface area contributed by atoms with Crippen molar-refractivity contribution in [3.63, 3.8) is 0 Å². The Kier molecular flexibility index (Phi) is 6.27. The zero-order chi connectivity index (χ0) is 20.3. The number of hydrogen-bond acceptors (Lipinski definition) is 4. The molecule has 0 unspecified atom stereocenters. The van der Waals surface area contributed by atoms with Crippen LogP contribution in [0.15, 0.2) is 47.4 Å². The molecule has 0 bridgehead atoms. The van der Waals surface area contributed by atoms with Crippen molar-refractivity contribution in [1.82, 2.24) is 9.21 Å². The van der Waals surface area contributed by atoms with Gasteiger partial charge in [-0.1, -0.05) is 17.7 Å². The van der Waals surface area contributed by atoms with Crippen molar-refractivity contribution in [1.29, 1.82) is 0 Å². The predicted molar refractivity (Wildman–Crippen MR) is 108 cm³/mol. The van der Waals surface area contributed by atoms with Crippen LogP contribution in [0.4, 0.5) is 0 Å². The van der Waals surface area contributed by atoms with Gasteiger partial charge in [-0.2, -0.15) is 4.31 Å². The van der Waals surface area contributed by atoms with Crippen LogP contribution < -0.4 is 4.74 Å². The van der Waals surface area contributed by atoms with Gasteiger partial charge in [-0.15, -0.1) is 0 Å². The van der Waals surface area contributed by atoms with Gasteiger partial charge < -0.3 is 9.64 Å². The number of hydrogen-bond donors (Lipinski definition) is 0. The summed E-state index contributed by atoms with van der Waals surface area (Å²) in [5, 5.41) is 0.597. The van der Waals surface area contributed by atoms with Crippen molar-refractivity contribution < 1.29 is 17.9 Å². The van der Waals surface area contributed by atoms with Crippen LogP contribution in [0.1, 0.15) is 11.1 Å². The lowest BCUT2D eigenvalue weighted by Gasteiger charge is -2.34. The fourth-order valence-electron chi connectivity index (χ4n) is 2.97. The smallest absolute Gasteiger partial charge is 0.260 e. The molecule has 1 heterocycles. The second-order valence-corrected chi connectivity index (χ2v) is 9.15. The average Bonchev–Trinajstić information content (AvgIpc) is 2.69. The third kappa shape index (κ3) is 4.66. The van der Waals surface area contributed by atoms with Gasteiger partial charge in [0.2, 0.25) is 10.0 Å². The van der Waals surface area contributed by atoms with Crippen LogP contribution in [0.5, 0.6) is 5.75 Å². The first-order chi connectivity index (χ1) is 13.3. The number of carbonyl (C=O) groups excluding carboxylic acids is 1. The van der Waals surface area contributed by atoms with Crippen LogP contribution in [-0.4, -0.2) is 56.3 Å². The van der Waals surface area contributed by atoms with Gasteiger partial charge in [0, 0.05) is 31.2 Å². The van der Waals surface area contributed by atoms with Gasteiger partial charge in [0.1, 0.15) is 5.75 Å². The summed E-state index contributed by atoms with van der Waals surface area (Å²) in [6, 6.07) is 11.9. The summed E-state index contributed by atoms with van der Waals surface area (Å²) in [4.78, 5) is 14.3. The number of aryl methyl sites for hydroxylation is 2. The number of nitrogens with zero attached hydrogens (tertiary/aromatic N) is 2. The van der Waals surface area contributed by atoms with Crippen molar-refractivity contribution in [2.45, 2.75) is 18.7 Å². The highest BCUT2D eigenvalue weighted by molar-refractivity contribution is 7.89. The Hall–Kier alpha value is -2.09. The molecule has 150 valence electrons. The van der Waals surface area contributed by atoms with Crippen LogP contribution in [0.2, 0.25) is 5.02 Å². The molecule has 8 heteroatoms. The van der Waals surface area contributed by atoms with Gasteiger partial charge in [-0.25, -0.2) is 8.42 Å². The van der Waals surface area contributed by atoms with E-state index in [1.807, 2.05) is 19.9 Å². The number of amides is 1. The van der Waals surface area contributed by atoms with Gasteiger partial charge in [0.25, 0.3) is 5.91 Å². The molecule has 2 aromatic carbocycles. The standard InChI is InChI=1S/C20H23ClN2O4S/c1-15-3-8-19(13-16(15)2)28(25,26)23-11-9-22(10-12-23)20(24)14-27-18-6-4-17(21)5-7-18/h3-8,13H,9-12,14H2,1-2H3. The molecule has 3 rings (SSSR count). The zero-order valence-electron chi connectivity index (χ0n) is 15.9. The normalized spacial score (nSPS) is 15.5. The largest absolute Gasteiger partial charge is 0.484 e. The summed E-state index contributed by atoms with van der Waals surface area (Å²) in [6.07, 6.45) is 0. The molecule has 0 atom stereocenters. The molecule has 1 amide bonds. The number of sulfonamides is 1. The molecule has 0 aliphatic carbocycles. The maximum Gasteiger partial charge on any atom is 0.260 e. The molecule has 1 aliphatic heterocycles. The van der Waals surface area contributed by atoms with E-state index in [0.717, 1.165) is 11.1 Å². The molecule has 0 N–H and O–H groups in total. The fraction of sp³-hybridized carbons (Fsp3) is 0.350. The van der Waals surface area contributed by atoms with Gasteiger partial charge in [0.05, 0.1) is 4.90 Å². The Morgan fingerprint density at radius 1 is 1.00 bits per heavy atom. The van der Waals surface area contributed by atoms with E-state index in [4.69, 9.17) is 16.3 Å². The van der Waals surface area contributed by atoms with Crippen molar-refractivity contribution in [3.05, 3.63) is 58.6 Å². The summed E-state index contributed by atoms with van der Waals surface area (Å²) >= 11 is 5.82. The molecular weight excluding hydrogens is 400 g/mol. The van der Waals surface area contributed by atoms with E-state index < -0.39 is 10.0 Å². The second-order valence-electron chi connectivity index (χ2n) is 6.77. The number of halogens is 1. The first-order valence-electron chi connectivity index (χ1n) is 9.01. The lowest BCUT2D eigenvalue weighted by atomic mass is 10.1. The Bertz CT molecular complexity index is 953. The van der Waals surface area contributed by atoms with E-state index in [2.05, 4.69) is 0 Å². The molecule has 28 heavy (non-hydrogen) atoms. The summed E-state index contributed by atoms with van der Waals surface area (Å²) in [6.45, 7) is 4.96. The maximum absolute atomic E-state index is 12.9. The number of rotatable bonds is 5. The molecule has 0 saturated carbocycles. The topological polar surface area (TPSA) is 66.9 Å². The molecule has 6 nitrogen and oxygen atoms in total. The van der Waals surface area contributed by atoms with E-state index >= 15 is 0 Å².